The zero-order valence-electron chi connectivity index (χ0n) is 12.7. The molecule has 1 fully saturated rings. The normalized spacial score (nSPS) is 18.7. The number of ether oxygens (including phenoxy) is 1. The van der Waals surface area contributed by atoms with Crippen LogP contribution in [0.25, 0.3) is 10.2 Å². The van der Waals surface area contributed by atoms with Crippen molar-refractivity contribution in [2.45, 2.75) is 29.7 Å². The molecule has 5 nitrogen and oxygen atoms in total. The van der Waals surface area contributed by atoms with Gasteiger partial charge in [-0.05, 0) is 31.4 Å². The van der Waals surface area contributed by atoms with Crippen LogP contribution in [0, 0.1) is 0 Å². The van der Waals surface area contributed by atoms with E-state index in [0.29, 0.717) is 13.0 Å². The van der Waals surface area contributed by atoms with Gasteiger partial charge in [0.2, 0.25) is 10.0 Å². The number of sulfonamides is 1. The summed E-state index contributed by atoms with van der Waals surface area (Å²) in [6.07, 6.45) is 2.62. The van der Waals surface area contributed by atoms with E-state index in [1.165, 1.54) is 4.70 Å². The standard InChI is InChI=1S/C15H20N2O3S3/c18-23(19,16-11-12-5-3-8-20-12)10-4-9-21-15-17-13-6-1-2-7-14(13)22-15/h1-2,6-7,12,16H,3-5,8-11H2. The lowest BCUT2D eigenvalue weighted by molar-refractivity contribution is 0.114. The van der Waals surface area contributed by atoms with E-state index in [-0.39, 0.29) is 11.9 Å². The largest absolute Gasteiger partial charge is 0.377 e. The first-order valence-corrected chi connectivity index (χ1v) is 11.2. The van der Waals surface area contributed by atoms with E-state index in [2.05, 4.69) is 15.8 Å². The first kappa shape index (κ1) is 17.2. The van der Waals surface area contributed by atoms with E-state index >= 15 is 0 Å². The Labute approximate surface area is 144 Å². The van der Waals surface area contributed by atoms with Gasteiger partial charge < -0.3 is 4.74 Å². The Morgan fingerprint density at radius 1 is 1.39 bits per heavy atom. The van der Waals surface area contributed by atoms with E-state index in [4.69, 9.17) is 4.74 Å². The molecule has 0 spiro atoms. The predicted octanol–water partition coefficient (Wildman–Crippen LogP) is 2.88. The van der Waals surface area contributed by atoms with Gasteiger partial charge in [-0.25, -0.2) is 18.1 Å². The van der Waals surface area contributed by atoms with E-state index in [1.807, 2.05) is 18.2 Å². The van der Waals surface area contributed by atoms with Crippen molar-refractivity contribution in [3.8, 4) is 0 Å². The van der Waals surface area contributed by atoms with Crippen LogP contribution in [0.4, 0.5) is 0 Å². The van der Waals surface area contributed by atoms with E-state index < -0.39 is 10.0 Å². The van der Waals surface area contributed by atoms with Crippen molar-refractivity contribution in [2.75, 3.05) is 24.7 Å². The van der Waals surface area contributed by atoms with Crippen LogP contribution in [0.5, 0.6) is 0 Å². The van der Waals surface area contributed by atoms with Crippen LogP contribution in [0.1, 0.15) is 19.3 Å². The second-order valence-corrected chi connectivity index (χ2v) is 9.75. The predicted molar refractivity (Wildman–Crippen MR) is 95.7 cm³/mol. The fraction of sp³-hybridized carbons (Fsp3) is 0.533. The number of benzene rings is 1. The van der Waals surface area contributed by atoms with Gasteiger partial charge in [-0.15, -0.1) is 11.3 Å². The number of nitrogens with zero attached hydrogens (tertiary/aromatic N) is 1. The van der Waals surface area contributed by atoms with Crippen LogP contribution in [0.15, 0.2) is 28.6 Å². The number of thioether (sulfide) groups is 1. The molecule has 1 N–H and O–H groups in total. The smallest absolute Gasteiger partial charge is 0.211 e. The van der Waals surface area contributed by atoms with Crippen molar-refractivity contribution in [1.29, 1.82) is 0 Å². The van der Waals surface area contributed by atoms with Gasteiger partial charge in [0.25, 0.3) is 0 Å². The fourth-order valence-corrected chi connectivity index (χ4v) is 5.79. The average Bonchev–Trinajstić information content (AvgIpc) is 3.18. The molecule has 0 aliphatic carbocycles. The fourth-order valence-electron chi connectivity index (χ4n) is 2.42. The van der Waals surface area contributed by atoms with Crippen molar-refractivity contribution < 1.29 is 13.2 Å². The number of aromatic nitrogens is 1. The second kappa shape index (κ2) is 7.94. The molecule has 3 rings (SSSR count). The number of para-hydroxylation sites is 1. The molecule has 0 radical (unpaired) electrons. The molecular weight excluding hydrogens is 352 g/mol. The maximum atomic E-state index is 12.0. The average molecular weight is 373 g/mol. The molecule has 0 amide bonds. The Balaban J connectivity index is 1.39. The van der Waals surface area contributed by atoms with Crippen LogP contribution < -0.4 is 4.72 Å². The Hall–Kier alpha value is -0.670. The molecule has 1 unspecified atom stereocenters. The first-order valence-electron chi connectivity index (χ1n) is 7.70. The summed E-state index contributed by atoms with van der Waals surface area (Å²) in [6.45, 7) is 1.14. The zero-order chi connectivity index (χ0) is 16.1. The molecule has 1 aromatic carbocycles. The minimum atomic E-state index is -3.21. The molecule has 1 aliphatic rings. The molecular formula is C15H20N2O3S3. The van der Waals surface area contributed by atoms with Gasteiger partial charge in [0.1, 0.15) is 0 Å². The molecule has 1 aromatic heterocycles. The van der Waals surface area contributed by atoms with E-state index in [0.717, 1.165) is 35.1 Å². The Morgan fingerprint density at radius 2 is 2.26 bits per heavy atom. The zero-order valence-corrected chi connectivity index (χ0v) is 15.2. The third kappa shape index (κ3) is 5.15. The highest BCUT2D eigenvalue weighted by Gasteiger charge is 2.18. The van der Waals surface area contributed by atoms with Gasteiger partial charge in [0, 0.05) is 18.9 Å². The third-order valence-corrected chi connectivity index (χ3v) is 7.31. The van der Waals surface area contributed by atoms with Crippen molar-refractivity contribution in [1.82, 2.24) is 9.71 Å². The number of hydrogen-bond acceptors (Lipinski definition) is 6. The topological polar surface area (TPSA) is 68.3 Å². The molecule has 0 bridgehead atoms. The number of fused-ring (bicyclic) bond motifs is 1. The minimum Gasteiger partial charge on any atom is -0.377 e. The van der Waals surface area contributed by atoms with Crippen molar-refractivity contribution >= 4 is 43.3 Å². The van der Waals surface area contributed by atoms with Crippen molar-refractivity contribution in [3.63, 3.8) is 0 Å². The first-order chi connectivity index (χ1) is 11.1. The quantitative estimate of drug-likeness (QED) is 0.570. The highest BCUT2D eigenvalue weighted by atomic mass is 32.2. The summed E-state index contributed by atoms with van der Waals surface area (Å²) < 4.78 is 34.1. The lowest BCUT2D eigenvalue weighted by Gasteiger charge is -2.11. The molecule has 8 heteroatoms. The van der Waals surface area contributed by atoms with Gasteiger partial charge in [-0.1, -0.05) is 23.9 Å². The minimum absolute atomic E-state index is 0.0434. The molecule has 1 atom stereocenters. The van der Waals surface area contributed by atoms with Gasteiger partial charge in [0.15, 0.2) is 4.34 Å². The maximum absolute atomic E-state index is 12.0. The number of rotatable bonds is 8. The Kier molecular flexibility index (Phi) is 5.92. The number of nitrogens with one attached hydrogen (secondary N) is 1. The molecule has 2 heterocycles. The third-order valence-electron chi connectivity index (χ3n) is 3.61. The number of hydrogen-bond donors (Lipinski definition) is 1. The molecule has 1 aliphatic heterocycles. The maximum Gasteiger partial charge on any atom is 0.211 e. The lowest BCUT2D eigenvalue weighted by Crippen LogP contribution is -2.33. The van der Waals surface area contributed by atoms with Crippen LogP contribution in [-0.2, 0) is 14.8 Å². The van der Waals surface area contributed by atoms with E-state index in [1.54, 1.807) is 23.1 Å². The highest BCUT2D eigenvalue weighted by molar-refractivity contribution is 8.01. The van der Waals surface area contributed by atoms with Gasteiger partial charge >= 0.3 is 0 Å². The molecule has 1 saturated heterocycles. The summed E-state index contributed by atoms with van der Waals surface area (Å²) in [5.74, 6) is 0.901. The monoisotopic (exact) mass is 372 g/mol. The summed E-state index contributed by atoms with van der Waals surface area (Å²) in [6, 6.07) is 8.02. The van der Waals surface area contributed by atoms with Gasteiger partial charge in [-0.2, -0.15) is 0 Å². The van der Waals surface area contributed by atoms with Gasteiger partial charge in [-0.3, -0.25) is 0 Å². The van der Waals surface area contributed by atoms with Gasteiger partial charge in [0.05, 0.1) is 22.1 Å². The summed E-state index contributed by atoms with van der Waals surface area (Å²) >= 11 is 3.27. The van der Waals surface area contributed by atoms with Crippen LogP contribution >= 0.6 is 23.1 Å². The molecule has 0 saturated carbocycles. The molecule has 23 heavy (non-hydrogen) atoms. The van der Waals surface area contributed by atoms with E-state index in [9.17, 15) is 8.42 Å². The SMILES string of the molecule is O=S(=O)(CCCSc1nc2ccccc2s1)NCC1CCCO1. The summed E-state index contributed by atoms with van der Waals surface area (Å²) in [4.78, 5) is 4.54. The Morgan fingerprint density at radius 3 is 3.04 bits per heavy atom. The summed E-state index contributed by atoms with van der Waals surface area (Å²) in [5.41, 5.74) is 1.01. The van der Waals surface area contributed by atoms with Crippen LogP contribution in [-0.4, -0.2) is 44.2 Å². The number of thiazole rings is 1. The lowest BCUT2D eigenvalue weighted by atomic mass is 10.2. The molecule has 126 valence electrons. The summed E-state index contributed by atoms with van der Waals surface area (Å²) in [5, 5.41) is 0. The van der Waals surface area contributed by atoms with Crippen molar-refractivity contribution in [2.24, 2.45) is 0 Å². The summed E-state index contributed by atoms with van der Waals surface area (Å²) in [7, 11) is -3.21. The molecule has 2 aromatic rings. The van der Waals surface area contributed by atoms with Crippen LogP contribution in [0.3, 0.4) is 0 Å². The second-order valence-electron chi connectivity index (χ2n) is 5.45. The van der Waals surface area contributed by atoms with Crippen LogP contribution in [0.2, 0.25) is 0 Å². The van der Waals surface area contributed by atoms with Crippen molar-refractivity contribution in [3.05, 3.63) is 24.3 Å². The highest BCUT2D eigenvalue weighted by Crippen LogP contribution is 2.29. The Bertz CT molecular complexity index is 706.